The van der Waals surface area contributed by atoms with Gasteiger partial charge < -0.3 is 9.13 Å². The lowest BCUT2D eigenvalue weighted by Crippen LogP contribution is -2.02. The molecule has 2 heterocycles. The van der Waals surface area contributed by atoms with E-state index in [0.717, 1.165) is 5.45 Å². The Balaban J connectivity index is 2.40. The number of hydrogen-bond donors (Lipinski definition) is 0. The molecule has 5 heteroatoms. The highest BCUT2D eigenvalue weighted by Crippen LogP contribution is 2.42. The minimum absolute atomic E-state index is 0.639. The molecular formula is C7H10N3OP. The smallest absolute Gasteiger partial charge is 0.230 e. The van der Waals surface area contributed by atoms with Crippen LogP contribution >= 0.6 is 7.14 Å². The van der Waals surface area contributed by atoms with Crippen molar-refractivity contribution in [3.8, 4) is 0 Å². The van der Waals surface area contributed by atoms with Crippen LogP contribution in [-0.4, -0.2) is 28.3 Å². The summed E-state index contributed by atoms with van der Waals surface area (Å²) in [7, 11) is -2.17. The van der Waals surface area contributed by atoms with Crippen LogP contribution in [0, 0.1) is 0 Å². The van der Waals surface area contributed by atoms with Crippen molar-refractivity contribution < 1.29 is 4.57 Å². The topological polar surface area (TPSA) is 47.2 Å². The summed E-state index contributed by atoms with van der Waals surface area (Å²) in [6.45, 7) is 4.11. The number of fused-ring (bicyclic) bond motifs is 1. The van der Waals surface area contributed by atoms with Gasteiger partial charge in [-0.05, 0) is 13.3 Å². The molecule has 0 atom stereocenters. The molecule has 0 radical (unpaired) electrons. The zero-order valence-corrected chi connectivity index (χ0v) is 7.95. The summed E-state index contributed by atoms with van der Waals surface area (Å²) in [6.07, 6.45) is 3.55. The average molecular weight is 183 g/mol. The summed E-state index contributed by atoms with van der Waals surface area (Å²) in [5.41, 5.74) is 0.769. The molecule has 4 nitrogen and oxygen atoms in total. The van der Waals surface area contributed by atoms with E-state index in [9.17, 15) is 4.57 Å². The molecule has 0 spiro atoms. The van der Waals surface area contributed by atoms with Gasteiger partial charge >= 0.3 is 0 Å². The molecule has 0 N–H and O–H groups in total. The van der Waals surface area contributed by atoms with Crippen LogP contribution in [0.5, 0.6) is 0 Å². The first-order valence-electron chi connectivity index (χ1n) is 3.71. The van der Waals surface area contributed by atoms with Crippen molar-refractivity contribution in [3.05, 3.63) is 12.4 Å². The molecule has 0 fully saturated rings. The van der Waals surface area contributed by atoms with Crippen LogP contribution in [0.25, 0.3) is 0 Å². The number of aromatic nitrogens is 2. The maximum absolute atomic E-state index is 11.6. The van der Waals surface area contributed by atoms with Gasteiger partial charge in [-0.15, -0.1) is 0 Å². The second-order valence-electron chi connectivity index (χ2n) is 3.23. The Kier molecular flexibility index (Phi) is 1.48. The van der Waals surface area contributed by atoms with Gasteiger partial charge in [-0.3, -0.25) is 0 Å². The Hall–Kier alpha value is -0.890. The van der Waals surface area contributed by atoms with Gasteiger partial charge in [0.25, 0.3) is 0 Å². The number of imidazole rings is 1. The van der Waals surface area contributed by atoms with Crippen molar-refractivity contribution in [1.82, 2.24) is 9.55 Å². The van der Waals surface area contributed by atoms with Gasteiger partial charge in [0, 0.05) is 12.4 Å². The Labute approximate surface area is 70.7 Å². The van der Waals surface area contributed by atoms with Gasteiger partial charge in [0.05, 0.1) is 6.54 Å². The normalized spacial score (nSPS) is 16.0. The first kappa shape index (κ1) is 7.74. The molecule has 1 aliphatic rings. The van der Waals surface area contributed by atoms with Crippen molar-refractivity contribution in [1.29, 1.82) is 0 Å². The molecule has 2 rings (SSSR count). The summed E-state index contributed by atoms with van der Waals surface area (Å²) in [4.78, 5) is 8.20. The van der Waals surface area contributed by atoms with Crippen LogP contribution in [-0.2, 0) is 11.1 Å². The number of hydrogen-bond acceptors (Lipinski definition) is 3. The van der Waals surface area contributed by atoms with Gasteiger partial charge in [-0.25, -0.2) is 9.98 Å². The third-order valence-electron chi connectivity index (χ3n) is 1.86. The van der Waals surface area contributed by atoms with E-state index in [1.165, 1.54) is 0 Å². The molecule has 1 aromatic rings. The zero-order chi connectivity index (χ0) is 8.77. The van der Waals surface area contributed by atoms with Gasteiger partial charge in [-0.1, -0.05) is 0 Å². The molecule has 0 saturated carbocycles. The third kappa shape index (κ3) is 1.12. The van der Waals surface area contributed by atoms with Crippen molar-refractivity contribution >= 4 is 18.5 Å². The summed E-state index contributed by atoms with van der Waals surface area (Å²) in [5.74, 6) is 0.675. The Morgan fingerprint density at radius 3 is 2.92 bits per heavy atom. The molecule has 1 aliphatic heterocycles. The summed E-state index contributed by atoms with van der Waals surface area (Å²) < 4.78 is 13.5. The maximum atomic E-state index is 11.6. The minimum atomic E-state index is -2.17. The third-order valence-corrected chi connectivity index (χ3v) is 3.34. The Morgan fingerprint density at radius 1 is 1.58 bits per heavy atom. The predicted molar refractivity (Wildman–Crippen MR) is 48.8 cm³/mol. The zero-order valence-electron chi connectivity index (χ0n) is 7.06. The SMILES string of the molecule is CP(C)(=O)C1=Nc2nccn2C1. The van der Waals surface area contributed by atoms with Crippen molar-refractivity contribution in [2.75, 3.05) is 13.3 Å². The van der Waals surface area contributed by atoms with Crippen LogP contribution in [0.2, 0.25) is 0 Å². The van der Waals surface area contributed by atoms with Crippen LogP contribution in [0.3, 0.4) is 0 Å². The van der Waals surface area contributed by atoms with E-state index < -0.39 is 7.14 Å². The molecule has 0 saturated heterocycles. The summed E-state index contributed by atoms with van der Waals surface area (Å²) >= 11 is 0. The number of rotatable bonds is 1. The fraction of sp³-hybridized carbons (Fsp3) is 0.429. The number of nitrogens with zero attached hydrogens (tertiary/aromatic N) is 3. The van der Waals surface area contributed by atoms with E-state index in [0.29, 0.717) is 12.5 Å². The highest BCUT2D eigenvalue weighted by atomic mass is 31.2. The van der Waals surface area contributed by atoms with E-state index in [1.807, 2.05) is 10.8 Å². The molecule has 12 heavy (non-hydrogen) atoms. The largest absolute Gasteiger partial charge is 0.318 e. The van der Waals surface area contributed by atoms with Gasteiger partial charge in [0.1, 0.15) is 12.6 Å². The van der Waals surface area contributed by atoms with E-state index in [4.69, 9.17) is 0 Å². The van der Waals surface area contributed by atoms with E-state index in [1.54, 1.807) is 19.5 Å². The van der Waals surface area contributed by atoms with Crippen molar-refractivity contribution in [2.24, 2.45) is 4.99 Å². The van der Waals surface area contributed by atoms with Crippen molar-refractivity contribution in [3.63, 3.8) is 0 Å². The monoisotopic (exact) mass is 183 g/mol. The molecule has 0 aromatic carbocycles. The van der Waals surface area contributed by atoms with Gasteiger partial charge in [0.2, 0.25) is 5.95 Å². The molecule has 1 aromatic heterocycles. The Morgan fingerprint density at radius 2 is 2.33 bits per heavy atom. The van der Waals surface area contributed by atoms with Crippen LogP contribution < -0.4 is 0 Å². The first-order valence-corrected chi connectivity index (χ1v) is 6.32. The van der Waals surface area contributed by atoms with Crippen molar-refractivity contribution in [2.45, 2.75) is 6.54 Å². The molecule has 0 bridgehead atoms. The van der Waals surface area contributed by atoms with Crippen LogP contribution in [0.1, 0.15) is 0 Å². The maximum Gasteiger partial charge on any atom is 0.230 e. The minimum Gasteiger partial charge on any atom is -0.318 e. The van der Waals surface area contributed by atoms with E-state index in [2.05, 4.69) is 9.98 Å². The fourth-order valence-electron chi connectivity index (χ4n) is 1.13. The lowest BCUT2D eigenvalue weighted by molar-refractivity contribution is 0.589. The lowest BCUT2D eigenvalue weighted by atomic mass is 10.7. The van der Waals surface area contributed by atoms with Crippen LogP contribution in [0.4, 0.5) is 5.95 Å². The molecule has 0 unspecified atom stereocenters. The number of aliphatic imine (C=N–C) groups is 1. The quantitative estimate of drug-likeness (QED) is 0.620. The summed E-state index contributed by atoms with van der Waals surface area (Å²) in [5, 5.41) is 0. The van der Waals surface area contributed by atoms with Gasteiger partial charge in [0.15, 0.2) is 0 Å². The highest BCUT2D eigenvalue weighted by Gasteiger charge is 2.23. The standard InChI is InChI=1S/C7H10N3OP/c1-12(2,11)6-5-10-4-3-8-7(10)9-6/h3-4H,5H2,1-2H3. The van der Waals surface area contributed by atoms with E-state index in [-0.39, 0.29) is 0 Å². The Bertz CT molecular complexity index is 387. The van der Waals surface area contributed by atoms with E-state index >= 15 is 0 Å². The fourth-order valence-corrected chi connectivity index (χ4v) is 1.95. The second kappa shape index (κ2) is 2.30. The second-order valence-corrected chi connectivity index (χ2v) is 6.45. The average Bonchev–Trinajstić information content (AvgIpc) is 2.37. The summed E-state index contributed by atoms with van der Waals surface area (Å²) in [6, 6.07) is 0. The predicted octanol–water partition coefficient (Wildman–Crippen LogP) is 1.55. The molecule has 0 aliphatic carbocycles. The highest BCUT2D eigenvalue weighted by molar-refractivity contribution is 7.79. The first-order chi connectivity index (χ1) is 5.57. The van der Waals surface area contributed by atoms with Gasteiger partial charge in [-0.2, -0.15) is 0 Å². The molecule has 64 valence electrons. The molecule has 0 amide bonds. The lowest BCUT2D eigenvalue weighted by Gasteiger charge is -2.04. The molecular weight excluding hydrogens is 173 g/mol. The van der Waals surface area contributed by atoms with Crippen LogP contribution in [0.15, 0.2) is 17.4 Å².